The van der Waals surface area contributed by atoms with Crippen LogP contribution in [0.15, 0.2) is 24.3 Å². The van der Waals surface area contributed by atoms with Crippen molar-refractivity contribution < 1.29 is 8.42 Å². The van der Waals surface area contributed by atoms with Crippen LogP contribution in [0.5, 0.6) is 0 Å². The minimum atomic E-state index is -3.38. The van der Waals surface area contributed by atoms with Crippen LogP contribution >= 0.6 is 0 Å². The van der Waals surface area contributed by atoms with Crippen LogP contribution in [0.25, 0.3) is 0 Å². The van der Waals surface area contributed by atoms with E-state index < -0.39 is 15.3 Å². The maximum absolute atomic E-state index is 12.8. The first kappa shape index (κ1) is 14.3. The lowest BCUT2D eigenvalue weighted by Crippen LogP contribution is -2.48. The van der Waals surface area contributed by atoms with Crippen LogP contribution in [0, 0.1) is 0 Å². The van der Waals surface area contributed by atoms with E-state index in [-0.39, 0.29) is 12.6 Å². The molecule has 1 heterocycles. The van der Waals surface area contributed by atoms with Gasteiger partial charge in [-0.2, -0.15) is 0 Å². The summed E-state index contributed by atoms with van der Waals surface area (Å²) in [5.41, 5.74) is 7.57. The molecule has 0 aromatic heterocycles. The highest BCUT2D eigenvalue weighted by atomic mass is 32.2. The molecule has 1 aromatic carbocycles. The Morgan fingerprint density at radius 1 is 1.42 bits per heavy atom. The number of nitrogens with two attached hydrogens (primary N) is 1. The molecular weight excluding hydrogens is 260 g/mol. The molecule has 0 aliphatic carbocycles. The van der Waals surface area contributed by atoms with Crippen LogP contribution in [0.3, 0.4) is 0 Å². The van der Waals surface area contributed by atoms with Crippen molar-refractivity contribution in [3.63, 3.8) is 0 Å². The first-order valence-electron chi connectivity index (χ1n) is 6.83. The smallest absolute Gasteiger partial charge is 0.239 e. The lowest BCUT2D eigenvalue weighted by atomic mass is 9.99. The number of aryl methyl sites for hydroxylation is 1. The summed E-state index contributed by atoms with van der Waals surface area (Å²) in [6.07, 6.45) is 2.34. The van der Waals surface area contributed by atoms with Gasteiger partial charge < -0.3 is 5.73 Å². The van der Waals surface area contributed by atoms with Crippen LogP contribution in [0.2, 0.25) is 0 Å². The van der Waals surface area contributed by atoms with E-state index in [2.05, 4.69) is 0 Å². The molecule has 0 bridgehead atoms. The van der Waals surface area contributed by atoms with E-state index in [1.165, 1.54) is 0 Å². The predicted octanol–water partition coefficient (Wildman–Crippen LogP) is 1.89. The number of fused-ring (bicyclic) bond motifs is 1. The van der Waals surface area contributed by atoms with Crippen LogP contribution in [0.4, 0.5) is 5.69 Å². The van der Waals surface area contributed by atoms with Gasteiger partial charge in [0.15, 0.2) is 0 Å². The topological polar surface area (TPSA) is 63.4 Å². The summed E-state index contributed by atoms with van der Waals surface area (Å²) in [6, 6.07) is 7.75. The first-order valence-corrected chi connectivity index (χ1v) is 8.33. The summed E-state index contributed by atoms with van der Waals surface area (Å²) >= 11 is 0. The Hall–Kier alpha value is -1.07. The second kappa shape index (κ2) is 5.51. The fourth-order valence-corrected chi connectivity index (χ4v) is 4.75. The lowest BCUT2D eigenvalue weighted by Gasteiger charge is -2.38. The van der Waals surface area contributed by atoms with Crippen molar-refractivity contribution in [2.45, 2.75) is 44.4 Å². The highest BCUT2D eigenvalue weighted by Crippen LogP contribution is 2.34. The molecule has 106 valence electrons. The maximum Gasteiger partial charge on any atom is 0.239 e. The van der Waals surface area contributed by atoms with Crippen molar-refractivity contribution in [1.29, 1.82) is 0 Å². The van der Waals surface area contributed by atoms with E-state index in [4.69, 9.17) is 5.73 Å². The number of nitrogens with zero attached hydrogens (tertiary/aromatic N) is 1. The van der Waals surface area contributed by atoms with Crippen molar-refractivity contribution in [3.05, 3.63) is 29.8 Å². The third-order valence-electron chi connectivity index (χ3n) is 3.87. The van der Waals surface area contributed by atoms with E-state index in [1.54, 1.807) is 4.31 Å². The highest BCUT2D eigenvalue weighted by molar-refractivity contribution is 7.93. The molecule has 2 unspecified atom stereocenters. The van der Waals surface area contributed by atoms with Gasteiger partial charge in [-0.3, -0.25) is 4.31 Å². The average molecular weight is 282 g/mol. The van der Waals surface area contributed by atoms with Gasteiger partial charge in [-0.25, -0.2) is 8.42 Å². The molecule has 19 heavy (non-hydrogen) atoms. The highest BCUT2D eigenvalue weighted by Gasteiger charge is 2.36. The molecule has 0 saturated carbocycles. The van der Waals surface area contributed by atoms with Crippen LogP contribution in [-0.4, -0.2) is 26.3 Å². The van der Waals surface area contributed by atoms with Gasteiger partial charge in [-0.1, -0.05) is 25.1 Å². The molecule has 0 radical (unpaired) electrons. The van der Waals surface area contributed by atoms with Gasteiger partial charge in [0.1, 0.15) is 0 Å². The van der Waals surface area contributed by atoms with Crippen LogP contribution in [0.1, 0.15) is 32.3 Å². The Kier molecular flexibility index (Phi) is 4.16. The van der Waals surface area contributed by atoms with Gasteiger partial charge >= 0.3 is 0 Å². The number of hydrogen-bond donors (Lipinski definition) is 1. The molecule has 1 aromatic rings. The molecule has 0 spiro atoms. The van der Waals surface area contributed by atoms with E-state index >= 15 is 0 Å². The summed E-state index contributed by atoms with van der Waals surface area (Å²) in [5.74, 6) is 0. The zero-order chi connectivity index (χ0) is 14.0. The molecule has 0 saturated heterocycles. The fourth-order valence-electron chi connectivity index (χ4n) is 2.70. The Bertz CT molecular complexity index is 538. The van der Waals surface area contributed by atoms with Gasteiger partial charge in [0.25, 0.3) is 0 Å². The molecular formula is C14H22N2O2S. The van der Waals surface area contributed by atoms with Gasteiger partial charge in [-0.15, -0.1) is 0 Å². The van der Waals surface area contributed by atoms with E-state index in [1.807, 2.05) is 38.1 Å². The molecule has 2 rings (SSSR count). The summed E-state index contributed by atoms with van der Waals surface area (Å²) in [6.45, 7) is 4.01. The molecule has 2 N–H and O–H groups in total. The standard InChI is InChI=1S/C14H22N2O2S/c1-3-13(10-15)19(17,18)16-11(2)8-9-12-6-4-5-7-14(12)16/h4-7,11,13H,3,8-10,15H2,1-2H3. The van der Waals surface area contributed by atoms with Gasteiger partial charge in [-0.05, 0) is 37.8 Å². The number of sulfonamides is 1. The zero-order valence-electron chi connectivity index (χ0n) is 11.5. The predicted molar refractivity (Wildman–Crippen MR) is 78.8 cm³/mol. The fraction of sp³-hybridized carbons (Fsp3) is 0.571. The Morgan fingerprint density at radius 2 is 2.11 bits per heavy atom. The Labute approximate surface area is 115 Å². The number of hydrogen-bond acceptors (Lipinski definition) is 3. The summed E-state index contributed by atoms with van der Waals surface area (Å²) in [5, 5.41) is -0.499. The molecule has 1 aliphatic heterocycles. The van der Waals surface area contributed by atoms with Crippen molar-refractivity contribution in [3.8, 4) is 0 Å². The summed E-state index contributed by atoms with van der Waals surface area (Å²) < 4.78 is 27.1. The zero-order valence-corrected chi connectivity index (χ0v) is 12.4. The maximum atomic E-state index is 12.8. The van der Waals surface area contributed by atoms with E-state index in [0.717, 1.165) is 24.1 Å². The molecule has 1 aliphatic rings. The van der Waals surface area contributed by atoms with Gasteiger partial charge in [0, 0.05) is 12.6 Å². The Balaban J connectivity index is 2.49. The largest absolute Gasteiger partial charge is 0.329 e. The number of benzene rings is 1. The van der Waals surface area contributed by atoms with E-state index in [9.17, 15) is 8.42 Å². The SMILES string of the molecule is CCC(CN)S(=O)(=O)N1c2ccccc2CCC1C. The minimum Gasteiger partial charge on any atom is -0.329 e. The lowest BCUT2D eigenvalue weighted by molar-refractivity contribution is 0.546. The normalized spacial score (nSPS) is 21.0. The molecule has 0 fully saturated rings. The van der Waals surface area contributed by atoms with Crippen molar-refractivity contribution >= 4 is 15.7 Å². The van der Waals surface area contributed by atoms with Gasteiger partial charge in [0.2, 0.25) is 10.0 Å². The van der Waals surface area contributed by atoms with Gasteiger partial charge in [0.05, 0.1) is 10.9 Å². The third-order valence-corrected chi connectivity index (χ3v) is 6.35. The Morgan fingerprint density at radius 3 is 2.74 bits per heavy atom. The van der Waals surface area contributed by atoms with E-state index in [0.29, 0.717) is 6.42 Å². The van der Waals surface area contributed by atoms with Crippen LogP contribution < -0.4 is 10.0 Å². The molecule has 2 atom stereocenters. The monoisotopic (exact) mass is 282 g/mol. The van der Waals surface area contributed by atoms with Crippen LogP contribution in [-0.2, 0) is 16.4 Å². The quantitative estimate of drug-likeness (QED) is 0.917. The molecule has 5 heteroatoms. The first-order chi connectivity index (χ1) is 9.02. The third kappa shape index (κ3) is 2.49. The number of anilines is 1. The molecule has 0 amide bonds. The second-order valence-electron chi connectivity index (χ2n) is 5.12. The summed E-state index contributed by atoms with van der Waals surface area (Å²) in [4.78, 5) is 0. The second-order valence-corrected chi connectivity index (χ2v) is 7.21. The van der Waals surface area contributed by atoms with Crippen molar-refractivity contribution in [2.24, 2.45) is 5.73 Å². The minimum absolute atomic E-state index is 0.000463. The average Bonchev–Trinajstić information content (AvgIpc) is 2.39. The number of para-hydroxylation sites is 1. The summed E-state index contributed by atoms with van der Waals surface area (Å²) in [7, 11) is -3.38. The number of rotatable bonds is 4. The molecule has 4 nitrogen and oxygen atoms in total. The van der Waals surface area contributed by atoms with Crippen molar-refractivity contribution in [2.75, 3.05) is 10.8 Å². The van der Waals surface area contributed by atoms with Crippen molar-refractivity contribution in [1.82, 2.24) is 0 Å².